The first-order chi connectivity index (χ1) is 6.77. The van der Waals surface area contributed by atoms with Gasteiger partial charge in [-0.3, -0.25) is 4.90 Å². The van der Waals surface area contributed by atoms with Crippen LogP contribution in [0.4, 0.5) is 0 Å². The average Bonchev–Trinajstić information content (AvgIpc) is 2.90. The van der Waals surface area contributed by atoms with Crippen molar-refractivity contribution in [2.45, 2.75) is 51.6 Å². The molecular weight excluding hydrogens is 172 g/mol. The van der Waals surface area contributed by atoms with Gasteiger partial charge in [-0.15, -0.1) is 0 Å². The van der Waals surface area contributed by atoms with E-state index in [1.807, 2.05) is 0 Å². The van der Waals surface area contributed by atoms with Gasteiger partial charge in [0.1, 0.15) is 0 Å². The van der Waals surface area contributed by atoms with Crippen LogP contribution in [0.1, 0.15) is 39.5 Å². The summed E-state index contributed by atoms with van der Waals surface area (Å²) in [6.45, 7) is 8.52. The van der Waals surface area contributed by atoms with Crippen molar-refractivity contribution in [1.29, 1.82) is 0 Å². The maximum atomic E-state index is 3.68. The normalized spacial score (nSPS) is 27.9. The average molecular weight is 196 g/mol. The molecule has 0 spiro atoms. The van der Waals surface area contributed by atoms with E-state index in [2.05, 4.69) is 24.1 Å². The monoisotopic (exact) mass is 196 g/mol. The summed E-state index contributed by atoms with van der Waals surface area (Å²) in [6, 6.07) is 1.48. The van der Waals surface area contributed by atoms with Gasteiger partial charge in [-0.1, -0.05) is 0 Å². The topological polar surface area (TPSA) is 15.3 Å². The van der Waals surface area contributed by atoms with E-state index in [-0.39, 0.29) is 0 Å². The Labute approximate surface area is 88.1 Å². The molecule has 2 aliphatic rings. The zero-order valence-electron chi connectivity index (χ0n) is 9.63. The molecule has 1 aliphatic heterocycles. The first kappa shape index (κ1) is 10.4. The Hall–Kier alpha value is -0.0800. The van der Waals surface area contributed by atoms with Crippen molar-refractivity contribution in [3.05, 3.63) is 0 Å². The Balaban J connectivity index is 1.63. The molecule has 2 rings (SSSR count). The van der Waals surface area contributed by atoms with Crippen LogP contribution in [0.5, 0.6) is 0 Å². The Morgan fingerprint density at radius 2 is 1.86 bits per heavy atom. The first-order valence-electron chi connectivity index (χ1n) is 6.25. The van der Waals surface area contributed by atoms with Crippen molar-refractivity contribution in [2.75, 3.05) is 19.6 Å². The smallest absolute Gasteiger partial charge is 0.0192 e. The van der Waals surface area contributed by atoms with Crippen LogP contribution in [0, 0.1) is 5.92 Å². The van der Waals surface area contributed by atoms with E-state index in [9.17, 15) is 0 Å². The molecule has 1 aliphatic carbocycles. The van der Waals surface area contributed by atoms with Gasteiger partial charge in [-0.2, -0.15) is 0 Å². The van der Waals surface area contributed by atoms with Crippen LogP contribution >= 0.6 is 0 Å². The minimum atomic E-state index is 0.735. The van der Waals surface area contributed by atoms with Crippen LogP contribution in [0.25, 0.3) is 0 Å². The number of nitrogens with zero attached hydrogens (tertiary/aromatic N) is 1. The third kappa shape index (κ3) is 2.71. The van der Waals surface area contributed by atoms with Crippen molar-refractivity contribution in [3.8, 4) is 0 Å². The van der Waals surface area contributed by atoms with E-state index < -0.39 is 0 Å². The van der Waals surface area contributed by atoms with Crippen molar-refractivity contribution < 1.29 is 0 Å². The van der Waals surface area contributed by atoms with Crippen molar-refractivity contribution >= 4 is 0 Å². The van der Waals surface area contributed by atoms with Crippen molar-refractivity contribution in [1.82, 2.24) is 10.2 Å². The van der Waals surface area contributed by atoms with Crippen LogP contribution in [0.2, 0.25) is 0 Å². The maximum Gasteiger partial charge on any atom is 0.0192 e. The second-order valence-electron chi connectivity index (χ2n) is 5.13. The lowest BCUT2D eigenvalue weighted by Gasteiger charge is -2.25. The molecule has 0 bridgehead atoms. The highest BCUT2D eigenvalue weighted by Gasteiger charge is 2.28. The van der Waals surface area contributed by atoms with Crippen LogP contribution in [-0.4, -0.2) is 36.6 Å². The number of rotatable bonds is 5. The molecule has 2 fully saturated rings. The molecular formula is C12H24N2. The quantitative estimate of drug-likeness (QED) is 0.722. The molecule has 1 saturated carbocycles. The molecule has 2 nitrogen and oxygen atoms in total. The van der Waals surface area contributed by atoms with Gasteiger partial charge in [0.2, 0.25) is 0 Å². The van der Waals surface area contributed by atoms with E-state index in [0.29, 0.717) is 0 Å². The van der Waals surface area contributed by atoms with Gasteiger partial charge in [-0.05, 0) is 58.5 Å². The number of nitrogens with one attached hydrogen (secondary N) is 1. The number of likely N-dealkylation sites (tertiary alicyclic amines) is 1. The standard InChI is InChI=1S/C12H24N2/c1-10(14-7-3-4-8-14)9-13-11(2)12-5-6-12/h10-13H,3-9H2,1-2H3. The molecule has 2 heteroatoms. The Kier molecular flexibility index (Phi) is 3.45. The molecule has 1 saturated heterocycles. The minimum absolute atomic E-state index is 0.735. The molecule has 0 aromatic carbocycles. The molecule has 2 atom stereocenters. The largest absolute Gasteiger partial charge is 0.312 e. The predicted molar refractivity (Wildman–Crippen MR) is 60.5 cm³/mol. The third-order valence-corrected chi connectivity index (χ3v) is 3.83. The zero-order chi connectivity index (χ0) is 9.97. The summed E-state index contributed by atoms with van der Waals surface area (Å²) in [4.78, 5) is 2.62. The molecule has 14 heavy (non-hydrogen) atoms. The number of hydrogen-bond donors (Lipinski definition) is 1. The second-order valence-corrected chi connectivity index (χ2v) is 5.13. The van der Waals surface area contributed by atoms with Gasteiger partial charge in [0.05, 0.1) is 0 Å². The first-order valence-corrected chi connectivity index (χ1v) is 6.25. The molecule has 0 radical (unpaired) electrons. The Bertz CT molecular complexity index is 171. The second kappa shape index (κ2) is 4.63. The highest BCUT2D eigenvalue weighted by atomic mass is 15.2. The van der Waals surface area contributed by atoms with E-state index in [4.69, 9.17) is 0 Å². The summed E-state index contributed by atoms with van der Waals surface area (Å²) in [5, 5.41) is 3.68. The van der Waals surface area contributed by atoms with E-state index in [1.54, 1.807) is 0 Å². The molecule has 0 aromatic heterocycles. The van der Waals surface area contributed by atoms with Crippen molar-refractivity contribution in [3.63, 3.8) is 0 Å². The van der Waals surface area contributed by atoms with Gasteiger partial charge in [0.25, 0.3) is 0 Å². The molecule has 0 amide bonds. The molecule has 1 heterocycles. The summed E-state index contributed by atoms with van der Waals surface area (Å²) in [5.74, 6) is 0.987. The molecule has 1 N–H and O–H groups in total. The number of hydrogen-bond acceptors (Lipinski definition) is 2. The van der Waals surface area contributed by atoms with Crippen LogP contribution in [0.3, 0.4) is 0 Å². The fourth-order valence-corrected chi connectivity index (χ4v) is 2.43. The van der Waals surface area contributed by atoms with Gasteiger partial charge < -0.3 is 5.32 Å². The van der Waals surface area contributed by atoms with E-state index in [1.165, 1.54) is 45.3 Å². The zero-order valence-corrected chi connectivity index (χ0v) is 9.63. The van der Waals surface area contributed by atoms with E-state index in [0.717, 1.165) is 18.0 Å². The summed E-state index contributed by atoms with van der Waals surface area (Å²) in [5.41, 5.74) is 0. The van der Waals surface area contributed by atoms with Crippen molar-refractivity contribution in [2.24, 2.45) is 5.92 Å². The lowest BCUT2D eigenvalue weighted by molar-refractivity contribution is 0.244. The van der Waals surface area contributed by atoms with Gasteiger partial charge in [0.15, 0.2) is 0 Å². The Morgan fingerprint density at radius 3 is 2.43 bits per heavy atom. The fraction of sp³-hybridized carbons (Fsp3) is 1.00. The maximum absolute atomic E-state index is 3.68. The summed E-state index contributed by atoms with van der Waals surface area (Å²) < 4.78 is 0. The van der Waals surface area contributed by atoms with Gasteiger partial charge in [-0.25, -0.2) is 0 Å². The lowest BCUT2D eigenvalue weighted by atomic mass is 10.2. The Morgan fingerprint density at radius 1 is 1.21 bits per heavy atom. The van der Waals surface area contributed by atoms with Crippen LogP contribution in [-0.2, 0) is 0 Å². The predicted octanol–water partition coefficient (Wildman–Crippen LogP) is 1.86. The van der Waals surface area contributed by atoms with Gasteiger partial charge in [0, 0.05) is 18.6 Å². The van der Waals surface area contributed by atoms with E-state index >= 15 is 0 Å². The fourth-order valence-electron chi connectivity index (χ4n) is 2.43. The molecule has 82 valence electrons. The molecule has 2 unspecified atom stereocenters. The summed E-state index contributed by atoms with van der Waals surface area (Å²) in [6.07, 6.45) is 5.71. The lowest BCUT2D eigenvalue weighted by Crippen LogP contribution is -2.42. The highest BCUT2D eigenvalue weighted by Crippen LogP contribution is 2.32. The summed E-state index contributed by atoms with van der Waals surface area (Å²) in [7, 11) is 0. The van der Waals surface area contributed by atoms with Gasteiger partial charge >= 0.3 is 0 Å². The third-order valence-electron chi connectivity index (χ3n) is 3.83. The minimum Gasteiger partial charge on any atom is -0.312 e. The van der Waals surface area contributed by atoms with Crippen LogP contribution in [0.15, 0.2) is 0 Å². The highest BCUT2D eigenvalue weighted by molar-refractivity contribution is 4.84. The summed E-state index contributed by atoms with van der Waals surface area (Å²) >= 11 is 0. The van der Waals surface area contributed by atoms with Crippen LogP contribution < -0.4 is 5.32 Å². The molecule has 0 aromatic rings. The SMILES string of the molecule is CC(NCC(C)N1CCCC1)C1CC1.